The Morgan fingerprint density at radius 1 is 1.20 bits per heavy atom. The van der Waals surface area contributed by atoms with Crippen LogP contribution in [0.4, 0.5) is 0 Å². The highest BCUT2D eigenvalue weighted by Crippen LogP contribution is 2.28. The molecule has 2 aromatic rings. The number of nitrogens with zero attached hydrogens (tertiary/aromatic N) is 2. The van der Waals surface area contributed by atoms with Crippen LogP contribution in [-0.2, 0) is 0 Å². The second-order valence-corrected chi connectivity index (χ2v) is 6.12. The lowest BCUT2D eigenvalue weighted by Gasteiger charge is -2.36. The molecule has 2 heterocycles. The zero-order chi connectivity index (χ0) is 14.1. The molecular weight excluding hydrogens is 248 g/mol. The van der Waals surface area contributed by atoms with Crippen LogP contribution in [0.15, 0.2) is 18.2 Å². The van der Waals surface area contributed by atoms with Gasteiger partial charge in [-0.3, -0.25) is 4.90 Å². The quantitative estimate of drug-likeness (QED) is 0.902. The molecule has 0 radical (unpaired) electrons. The van der Waals surface area contributed by atoms with Crippen LogP contribution in [0.25, 0.3) is 11.0 Å². The lowest BCUT2D eigenvalue weighted by atomic mass is 10.0. The van der Waals surface area contributed by atoms with Crippen molar-refractivity contribution in [3.63, 3.8) is 0 Å². The Morgan fingerprint density at radius 3 is 2.65 bits per heavy atom. The van der Waals surface area contributed by atoms with E-state index in [4.69, 9.17) is 4.98 Å². The zero-order valence-electron chi connectivity index (χ0n) is 12.6. The Hall–Kier alpha value is -1.39. The largest absolute Gasteiger partial charge is 0.341 e. The molecule has 0 saturated carbocycles. The Kier molecular flexibility index (Phi) is 3.76. The van der Waals surface area contributed by atoms with E-state index in [9.17, 15) is 0 Å². The number of benzene rings is 1. The summed E-state index contributed by atoms with van der Waals surface area (Å²) in [5.41, 5.74) is 3.50. The van der Waals surface area contributed by atoms with Gasteiger partial charge in [-0.15, -0.1) is 0 Å². The first-order chi connectivity index (χ1) is 9.65. The Bertz CT molecular complexity index is 581. The van der Waals surface area contributed by atoms with Crippen molar-refractivity contribution in [1.29, 1.82) is 0 Å². The number of aromatic amines is 1. The van der Waals surface area contributed by atoms with E-state index in [1.165, 1.54) is 5.56 Å². The van der Waals surface area contributed by atoms with E-state index in [2.05, 4.69) is 54.2 Å². The van der Waals surface area contributed by atoms with Gasteiger partial charge in [0.15, 0.2) is 0 Å². The number of imidazole rings is 1. The molecule has 1 fully saturated rings. The smallest absolute Gasteiger partial charge is 0.124 e. The van der Waals surface area contributed by atoms with E-state index in [1.54, 1.807) is 0 Å². The topological polar surface area (TPSA) is 44.0 Å². The molecule has 0 amide bonds. The van der Waals surface area contributed by atoms with Crippen molar-refractivity contribution < 1.29 is 0 Å². The SMILES string of the molecule is Cc1ccc2nc(C(C(C)C)N3CCNCC3)[nH]c2c1. The van der Waals surface area contributed by atoms with Crippen molar-refractivity contribution in [1.82, 2.24) is 20.2 Å². The van der Waals surface area contributed by atoms with Crippen molar-refractivity contribution in [3.8, 4) is 0 Å². The second-order valence-electron chi connectivity index (χ2n) is 6.12. The normalized spacial score (nSPS) is 18.8. The van der Waals surface area contributed by atoms with Crippen molar-refractivity contribution >= 4 is 11.0 Å². The predicted octanol–water partition coefficient (Wildman–Crippen LogP) is 2.47. The summed E-state index contributed by atoms with van der Waals surface area (Å²) in [5.74, 6) is 1.66. The fourth-order valence-electron chi connectivity index (χ4n) is 3.15. The predicted molar refractivity (Wildman–Crippen MR) is 82.9 cm³/mol. The highest BCUT2D eigenvalue weighted by Gasteiger charge is 2.27. The number of nitrogens with one attached hydrogen (secondary N) is 2. The summed E-state index contributed by atoms with van der Waals surface area (Å²) in [5, 5.41) is 3.42. The number of piperazine rings is 1. The lowest BCUT2D eigenvalue weighted by molar-refractivity contribution is 0.131. The van der Waals surface area contributed by atoms with E-state index in [0.29, 0.717) is 12.0 Å². The first kappa shape index (κ1) is 13.6. The molecule has 1 atom stereocenters. The van der Waals surface area contributed by atoms with Gasteiger partial charge in [0.05, 0.1) is 17.1 Å². The van der Waals surface area contributed by atoms with Crippen LogP contribution in [0.1, 0.15) is 31.3 Å². The van der Waals surface area contributed by atoms with E-state index in [0.717, 1.165) is 43.0 Å². The van der Waals surface area contributed by atoms with Crippen molar-refractivity contribution in [3.05, 3.63) is 29.6 Å². The zero-order valence-corrected chi connectivity index (χ0v) is 12.6. The summed E-state index contributed by atoms with van der Waals surface area (Å²) < 4.78 is 0. The van der Waals surface area contributed by atoms with Crippen LogP contribution in [0.2, 0.25) is 0 Å². The first-order valence-corrected chi connectivity index (χ1v) is 7.56. The highest BCUT2D eigenvalue weighted by atomic mass is 15.2. The van der Waals surface area contributed by atoms with Gasteiger partial charge in [0, 0.05) is 26.2 Å². The van der Waals surface area contributed by atoms with Crippen LogP contribution in [0.5, 0.6) is 0 Å². The van der Waals surface area contributed by atoms with Gasteiger partial charge in [0.2, 0.25) is 0 Å². The van der Waals surface area contributed by atoms with E-state index in [-0.39, 0.29) is 0 Å². The summed E-state index contributed by atoms with van der Waals surface area (Å²) in [6, 6.07) is 6.80. The molecule has 108 valence electrons. The van der Waals surface area contributed by atoms with E-state index >= 15 is 0 Å². The molecule has 0 bridgehead atoms. The van der Waals surface area contributed by atoms with Crippen LogP contribution >= 0.6 is 0 Å². The van der Waals surface area contributed by atoms with Gasteiger partial charge in [-0.05, 0) is 30.5 Å². The molecule has 1 aromatic heterocycles. The maximum atomic E-state index is 4.83. The maximum Gasteiger partial charge on any atom is 0.124 e. The van der Waals surface area contributed by atoms with Gasteiger partial charge in [0.1, 0.15) is 5.82 Å². The Balaban J connectivity index is 1.96. The third kappa shape index (κ3) is 2.58. The number of hydrogen-bond acceptors (Lipinski definition) is 3. The van der Waals surface area contributed by atoms with Gasteiger partial charge >= 0.3 is 0 Å². The second kappa shape index (κ2) is 5.54. The summed E-state index contributed by atoms with van der Waals surface area (Å²) in [4.78, 5) is 10.9. The molecular formula is C16H24N4. The van der Waals surface area contributed by atoms with Crippen LogP contribution < -0.4 is 5.32 Å². The summed E-state index contributed by atoms with van der Waals surface area (Å²) in [6.07, 6.45) is 0. The van der Waals surface area contributed by atoms with Crippen molar-refractivity contribution in [2.75, 3.05) is 26.2 Å². The van der Waals surface area contributed by atoms with E-state index < -0.39 is 0 Å². The third-order valence-electron chi connectivity index (χ3n) is 4.11. The van der Waals surface area contributed by atoms with Crippen LogP contribution in [-0.4, -0.2) is 41.0 Å². The minimum Gasteiger partial charge on any atom is -0.341 e. The summed E-state index contributed by atoms with van der Waals surface area (Å²) >= 11 is 0. The molecule has 1 aliphatic rings. The molecule has 4 heteroatoms. The maximum absolute atomic E-state index is 4.83. The van der Waals surface area contributed by atoms with Crippen molar-refractivity contribution in [2.45, 2.75) is 26.8 Å². The molecule has 3 rings (SSSR count). The molecule has 4 nitrogen and oxygen atoms in total. The first-order valence-electron chi connectivity index (χ1n) is 7.56. The van der Waals surface area contributed by atoms with Gasteiger partial charge in [-0.1, -0.05) is 19.9 Å². The number of H-pyrrole nitrogens is 1. The molecule has 1 aliphatic heterocycles. The molecule has 1 saturated heterocycles. The van der Waals surface area contributed by atoms with Gasteiger partial charge in [0.25, 0.3) is 0 Å². The minimum absolute atomic E-state index is 0.379. The van der Waals surface area contributed by atoms with Gasteiger partial charge < -0.3 is 10.3 Å². The molecule has 1 unspecified atom stereocenters. The van der Waals surface area contributed by atoms with E-state index in [1.807, 2.05) is 0 Å². The van der Waals surface area contributed by atoms with Crippen LogP contribution in [0.3, 0.4) is 0 Å². The fourth-order valence-corrected chi connectivity index (χ4v) is 3.15. The average Bonchev–Trinajstić information content (AvgIpc) is 2.82. The Morgan fingerprint density at radius 2 is 1.95 bits per heavy atom. The minimum atomic E-state index is 0.379. The van der Waals surface area contributed by atoms with Crippen LogP contribution in [0, 0.1) is 12.8 Å². The average molecular weight is 272 g/mol. The fraction of sp³-hybridized carbons (Fsp3) is 0.562. The third-order valence-corrected chi connectivity index (χ3v) is 4.11. The number of aromatic nitrogens is 2. The monoisotopic (exact) mass is 272 g/mol. The number of aryl methyl sites for hydroxylation is 1. The standard InChI is InChI=1S/C16H24N4/c1-11(2)15(20-8-6-17-7-9-20)16-18-13-5-4-12(3)10-14(13)19-16/h4-5,10-11,15,17H,6-9H2,1-3H3,(H,18,19). The summed E-state index contributed by atoms with van der Waals surface area (Å²) in [7, 11) is 0. The molecule has 1 aromatic carbocycles. The highest BCUT2D eigenvalue weighted by molar-refractivity contribution is 5.75. The number of rotatable bonds is 3. The van der Waals surface area contributed by atoms with Gasteiger partial charge in [-0.2, -0.15) is 0 Å². The Labute approximate surface area is 120 Å². The number of fused-ring (bicyclic) bond motifs is 1. The number of hydrogen-bond donors (Lipinski definition) is 2. The molecule has 0 aliphatic carbocycles. The molecule has 0 spiro atoms. The molecule has 20 heavy (non-hydrogen) atoms. The summed E-state index contributed by atoms with van der Waals surface area (Å²) in [6.45, 7) is 11.0. The molecule has 2 N–H and O–H groups in total. The lowest BCUT2D eigenvalue weighted by Crippen LogP contribution is -2.46. The van der Waals surface area contributed by atoms with Crippen molar-refractivity contribution in [2.24, 2.45) is 5.92 Å². The van der Waals surface area contributed by atoms with Gasteiger partial charge in [-0.25, -0.2) is 4.98 Å².